The van der Waals surface area contributed by atoms with Crippen molar-refractivity contribution in [2.75, 3.05) is 0 Å². The Bertz CT molecular complexity index is 748. The lowest BCUT2D eigenvalue weighted by Crippen LogP contribution is -2.03. The summed E-state index contributed by atoms with van der Waals surface area (Å²) < 4.78 is 13.4. The fraction of sp³-hybridized carbons (Fsp3) is 0.118. The Labute approximate surface area is 117 Å². The molecule has 0 fully saturated rings. The maximum atomic E-state index is 13.4. The molecule has 1 heterocycles. The SMILES string of the molecule is NCc1ccc(F)cc1Cc1ccnc2ccccc12. The lowest BCUT2D eigenvalue weighted by molar-refractivity contribution is 0.625. The molecule has 0 bridgehead atoms. The van der Waals surface area contributed by atoms with Crippen molar-refractivity contribution in [1.29, 1.82) is 0 Å². The van der Waals surface area contributed by atoms with Gasteiger partial charge in [0.25, 0.3) is 0 Å². The largest absolute Gasteiger partial charge is 0.326 e. The Balaban J connectivity index is 2.07. The van der Waals surface area contributed by atoms with Gasteiger partial charge in [0.1, 0.15) is 5.82 Å². The number of hydrogen-bond donors (Lipinski definition) is 1. The summed E-state index contributed by atoms with van der Waals surface area (Å²) in [5.74, 6) is -0.226. The number of benzene rings is 2. The smallest absolute Gasteiger partial charge is 0.123 e. The van der Waals surface area contributed by atoms with E-state index in [0.29, 0.717) is 13.0 Å². The number of aromatic nitrogens is 1. The first-order valence-electron chi connectivity index (χ1n) is 6.58. The molecule has 100 valence electrons. The predicted molar refractivity (Wildman–Crippen MR) is 78.8 cm³/mol. The number of pyridine rings is 1. The van der Waals surface area contributed by atoms with Crippen LogP contribution in [0.3, 0.4) is 0 Å². The molecule has 2 aromatic carbocycles. The predicted octanol–water partition coefficient (Wildman–Crippen LogP) is 3.42. The summed E-state index contributed by atoms with van der Waals surface area (Å²) in [5, 5.41) is 1.10. The topological polar surface area (TPSA) is 38.9 Å². The van der Waals surface area contributed by atoms with Crippen molar-refractivity contribution in [3.05, 3.63) is 77.2 Å². The Morgan fingerprint density at radius 2 is 1.80 bits per heavy atom. The third-order valence-electron chi connectivity index (χ3n) is 3.51. The molecule has 3 aromatic rings. The van der Waals surface area contributed by atoms with Crippen LogP contribution in [0.2, 0.25) is 0 Å². The van der Waals surface area contributed by atoms with Crippen molar-refractivity contribution in [3.8, 4) is 0 Å². The second-order valence-corrected chi connectivity index (χ2v) is 4.78. The van der Waals surface area contributed by atoms with Gasteiger partial charge in [-0.15, -0.1) is 0 Å². The quantitative estimate of drug-likeness (QED) is 0.789. The molecule has 0 aliphatic carbocycles. The van der Waals surface area contributed by atoms with Gasteiger partial charge in [0.2, 0.25) is 0 Å². The first kappa shape index (κ1) is 12.8. The van der Waals surface area contributed by atoms with Gasteiger partial charge in [-0.25, -0.2) is 4.39 Å². The summed E-state index contributed by atoms with van der Waals surface area (Å²) in [6.07, 6.45) is 2.45. The lowest BCUT2D eigenvalue weighted by Gasteiger charge is -2.10. The maximum Gasteiger partial charge on any atom is 0.123 e. The van der Waals surface area contributed by atoms with Crippen LogP contribution >= 0.6 is 0 Å². The van der Waals surface area contributed by atoms with E-state index in [1.165, 1.54) is 6.07 Å². The van der Waals surface area contributed by atoms with Crippen molar-refractivity contribution in [2.45, 2.75) is 13.0 Å². The average Bonchev–Trinajstić information content (AvgIpc) is 2.48. The molecule has 0 aliphatic rings. The molecule has 2 nitrogen and oxygen atoms in total. The molecule has 2 N–H and O–H groups in total. The van der Waals surface area contributed by atoms with Crippen LogP contribution in [0.15, 0.2) is 54.7 Å². The van der Waals surface area contributed by atoms with E-state index < -0.39 is 0 Å². The highest BCUT2D eigenvalue weighted by Crippen LogP contribution is 2.21. The van der Waals surface area contributed by atoms with E-state index in [2.05, 4.69) is 4.98 Å². The number of halogens is 1. The standard InChI is InChI=1S/C17H15FN2/c18-15-6-5-13(11-19)14(10-15)9-12-7-8-20-17-4-2-1-3-16(12)17/h1-8,10H,9,11,19H2. The Kier molecular flexibility index (Phi) is 3.44. The summed E-state index contributed by atoms with van der Waals surface area (Å²) in [6, 6.07) is 14.7. The number of para-hydroxylation sites is 1. The fourth-order valence-corrected chi connectivity index (χ4v) is 2.47. The van der Waals surface area contributed by atoms with E-state index in [9.17, 15) is 4.39 Å². The Morgan fingerprint density at radius 3 is 2.65 bits per heavy atom. The normalized spacial score (nSPS) is 10.9. The first-order chi connectivity index (χ1) is 9.78. The monoisotopic (exact) mass is 266 g/mol. The molecule has 0 saturated carbocycles. The van der Waals surface area contributed by atoms with E-state index in [1.807, 2.05) is 30.3 Å². The summed E-state index contributed by atoms with van der Waals surface area (Å²) >= 11 is 0. The average molecular weight is 266 g/mol. The van der Waals surface area contributed by atoms with E-state index in [-0.39, 0.29) is 5.82 Å². The van der Waals surface area contributed by atoms with Gasteiger partial charge in [-0.2, -0.15) is 0 Å². The lowest BCUT2D eigenvalue weighted by atomic mass is 9.97. The van der Waals surface area contributed by atoms with Gasteiger partial charge < -0.3 is 5.73 Å². The van der Waals surface area contributed by atoms with Gasteiger partial charge in [0.05, 0.1) is 5.52 Å². The Hall–Kier alpha value is -2.26. The summed E-state index contributed by atoms with van der Waals surface area (Å²) in [5.41, 5.74) is 9.73. The van der Waals surface area contributed by atoms with Crippen molar-refractivity contribution < 1.29 is 4.39 Å². The van der Waals surface area contributed by atoms with Crippen LogP contribution in [-0.2, 0) is 13.0 Å². The maximum absolute atomic E-state index is 13.4. The molecule has 0 spiro atoms. The summed E-state index contributed by atoms with van der Waals surface area (Å²) in [6.45, 7) is 0.415. The molecule has 0 aliphatic heterocycles. The van der Waals surface area contributed by atoms with Crippen molar-refractivity contribution in [2.24, 2.45) is 5.73 Å². The van der Waals surface area contributed by atoms with E-state index in [4.69, 9.17) is 5.73 Å². The van der Waals surface area contributed by atoms with E-state index in [0.717, 1.165) is 27.6 Å². The zero-order valence-electron chi connectivity index (χ0n) is 11.0. The molecule has 3 heteroatoms. The van der Waals surface area contributed by atoms with Gasteiger partial charge in [0, 0.05) is 18.1 Å². The number of nitrogens with zero attached hydrogens (tertiary/aromatic N) is 1. The van der Waals surface area contributed by atoms with Gasteiger partial charge >= 0.3 is 0 Å². The molecule has 3 rings (SSSR count). The van der Waals surface area contributed by atoms with Crippen molar-refractivity contribution in [3.63, 3.8) is 0 Å². The zero-order valence-corrected chi connectivity index (χ0v) is 11.0. The molecular weight excluding hydrogens is 251 g/mol. The van der Waals surface area contributed by atoms with Crippen molar-refractivity contribution in [1.82, 2.24) is 4.98 Å². The molecule has 0 radical (unpaired) electrons. The molecule has 0 saturated heterocycles. The molecule has 0 amide bonds. The van der Waals surface area contributed by atoms with Gasteiger partial charge in [-0.05, 0) is 47.4 Å². The van der Waals surface area contributed by atoms with Gasteiger partial charge in [-0.1, -0.05) is 24.3 Å². The van der Waals surface area contributed by atoms with E-state index >= 15 is 0 Å². The number of nitrogens with two attached hydrogens (primary N) is 1. The molecule has 0 unspecified atom stereocenters. The van der Waals surface area contributed by atoms with Gasteiger partial charge in [0.15, 0.2) is 0 Å². The molecule has 0 atom stereocenters. The van der Waals surface area contributed by atoms with Gasteiger partial charge in [-0.3, -0.25) is 4.98 Å². The number of hydrogen-bond acceptors (Lipinski definition) is 2. The fourth-order valence-electron chi connectivity index (χ4n) is 2.47. The van der Waals surface area contributed by atoms with Crippen molar-refractivity contribution >= 4 is 10.9 Å². The van der Waals surface area contributed by atoms with Crippen LogP contribution in [0.25, 0.3) is 10.9 Å². The number of fused-ring (bicyclic) bond motifs is 1. The third kappa shape index (κ3) is 2.40. The van der Waals surface area contributed by atoms with Crippen LogP contribution in [0.4, 0.5) is 4.39 Å². The zero-order chi connectivity index (χ0) is 13.9. The minimum atomic E-state index is -0.226. The minimum absolute atomic E-state index is 0.226. The van der Waals surface area contributed by atoms with E-state index in [1.54, 1.807) is 18.3 Å². The minimum Gasteiger partial charge on any atom is -0.326 e. The Morgan fingerprint density at radius 1 is 0.950 bits per heavy atom. The van der Waals surface area contributed by atoms with Crippen LogP contribution in [0.5, 0.6) is 0 Å². The highest BCUT2D eigenvalue weighted by molar-refractivity contribution is 5.82. The van der Waals surface area contributed by atoms with Crippen LogP contribution < -0.4 is 5.73 Å². The molecule has 20 heavy (non-hydrogen) atoms. The third-order valence-corrected chi connectivity index (χ3v) is 3.51. The second kappa shape index (κ2) is 5.39. The van der Waals surface area contributed by atoms with Crippen LogP contribution in [0.1, 0.15) is 16.7 Å². The number of rotatable bonds is 3. The van der Waals surface area contributed by atoms with Crippen LogP contribution in [-0.4, -0.2) is 4.98 Å². The second-order valence-electron chi connectivity index (χ2n) is 4.78. The molecular formula is C17H15FN2. The van der Waals surface area contributed by atoms with Crippen LogP contribution in [0, 0.1) is 5.82 Å². The summed E-state index contributed by atoms with van der Waals surface area (Å²) in [7, 11) is 0. The highest BCUT2D eigenvalue weighted by atomic mass is 19.1. The first-order valence-corrected chi connectivity index (χ1v) is 6.58. The summed E-state index contributed by atoms with van der Waals surface area (Å²) in [4.78, 5) is 4.34. The molecule has 1 aromatic heterocycles. The highest BCUT2D eigenvalue weighted by Gasteiger charge is 2.07.